The summed E-state index contributed by atoms with van der Waals surface area (Å²) in [4.78, 5) is 13.1. The van der Waals surface area contributed by atoms with Crippen molar-refractivity contribution in [2.45, 2.75) is 18.6 Å². The maximum absolute atomic E-state index is 13.3. The predicted octanol–water partition coefficient (Wildman–Crippen LogP) is -0.0678. The van der Waals surface area contributed by atoms with Crippen molar-refractivity contribution >= 4 is 5.91 Å². The van der Waals surface area contributed by atoms with Crippen molar-refractivity contribution in [1.82, 2.24) is 4.90 Å². The normalized spacial score (nSPS) is 24.1. The summed E-state index contributed by atoms with van der Waals surface area (Å²) < 4.78 is 13.3. The van der Waals surface area contributed by atoms with E-state index in [2.05, 4.69) is 0 Å². The number of aliphatic hydroxyl groups is 2. The Bertz CT molecular complexity index is 414. The Kier molecular flexibility index (Phi) is 3.40. The van der Waals surface area contributed by atoms with Crippen LogP contribution in [0.3, 0.4) is 0 Å². The zero-order valence-electron chi connectivity index (χ0n) is 9.21. The van der Waals surface area contributed by atoms with Crippen molar-refractivity contribution in [3.8, 4) is 0 Å². The summed E-state index contributed by atoms with van der Waals surface area (Å²) >= 11 is 0. The topological polar surface area (TPSA) is 60.8 Å². The van der Waals surface area contributed by atoms with Gasteiger partial charge in [-0.25, -0.2) is 4.39 Å². The van der Waals surface area contributed by atoms with Crippen LogP contribution in [0.15, 0.2) is 24.3 Å². The van der Waals surface area contributed by atoms with Gasteiger partial charge < -0.3 is 15.1 Å². The summed E-state index contributed by atoms with van der Waals surface area (Å²) in [6.07, 6.45) is -1.86. The molecule has 1 saturated heterocycles. The lowest BCUT2D eigenvalue weighted by Gasteiger charge is -2.15. The number of carbonyl (C=O) groups excluding carboxylic acids is 1. The van der Waals surface area contributed by atoms with E-state index in [-0.39, 0.29) is 25.4 Å². The number of carbonyl (C=O) groups is 1. The molecule has 17 heavy (non-hydrogen) atoms. The standard InChI is InChI=1S/C12H14FNO3/c13-9-4-2-1-3-8(9)5-12(17)14-6-10(15)11(16)7-14/h1-4,10-11,15-16H,5-7H2. The first-order valence-electron chi connectivity index (χ1n) is 5.45. The minimum Gasteiger partial charge on any atom is -0.388 e. The van der Waals surface area contributed by atoms with Gasteiger partial charge in [0.2, 0.25) is 5.91 Å². The van der Waals surface area contributed by atoms with Crippen LogP contribution in [0.4, 0.5) is 4.39 Å². The van der Waals surface area contributed by atoms with E-state index in [1.165, 1.54) is 11.0 Å². The average Bonchev–Trinajstić information content (AvgIpc) is 2.63. The highest BCUT2D eigenvalue weighted by atomic mass is 19.1. The second kappa shape index (κ2) is 4.81. The molecule has 1 fully saturated rings. The number of likely N-dealkylation sites (tertiary alicyclic amines) is 1. The van der Waals surface area contributed by atoms with Crippen LogP contribution in [0, 0.1) is 5.82 Å². The van der Waals surface area contributed by atoms with E-state index in [9.17, 15) is 19.4 Å². The number of halogens is 1. The quantitative estimate of drug-likeness (QED) is 0.759. The van der Waals surface area contributed by atoms with Crippen molar-refractivity contribution in [3.05, 3.63) is 35.6 Å². The van der Waals surface area contributed by atoms with E-state index in [0.717, 1.165) is 0 Å². The van der Waals surface area contributed by atoms with Gasteiger partial charge in [-0.2, -0.15) is 0 Å². The number of β-amino-alcohol motifs (C(OH)–C–C–N with tert-alkyl or cyclic N) is 2. The lowest BCUT2D eigenvalue weighted by Crippen LogP contribution is -2.31. The fourth-order valence-corrected chi connectivity index (χ4v) is 1.89. The first-order chi connectivity index (χ1) is 8.08. The van der Waals surface area contributed by atoms with E-state index < -0.39 is 18.0 Å². The number of hydrogen-bond donors (Lipinski definition) is 2. The van der Waals surface area contributed by atoms with Crippen molar-refractivity contribution in [2.75, 3.05) is 13.1 Å². The lowest BCUT2D eigenvalue weighted by molar-refractivity contribution is -0.130. The number of benzene rings is 1. The third kappa shape index (κ3) is 2.62. The number of rotatable bonds is 2. The molecule has 0 bridgehead atoms. The largest absolute Gasteiger partial charge is 0.388 e. The number of aliphatic hydroxyl groups excluding tert-OH is 2. The van der Waals surface area contributed by atoms with Gasteiger partial charge in [0.25, 0.3) is 0 Å². The summed E-state index contributed by atoms with van der Waals surface area (Å²) in [6, 6.07) is 6.08. The van der Waals surface area contributed by atoms with E-state index in [4.69, 9.17) is 0 Å². The van der Waals surface area contributed by atoms with E-state index in [1.807, 2.05) is 0 Å². The molecule has 1 aliphatic rings. The zero-order chi connectivity index (χ0) is 12.4. The first-order valence-corrected chi connectivity index (χ1v) is 5.45. The predicted molar refractivity (Wildman–Crippen MR) is 58.7 cm³/mol. The fraction of sp³-hybridized carbons (Fsp3) is 0.417. The van der Waals surface area contributed by atoms with Gasteiger partial charge in [0.1, 0.15) is 5.82 Å². The maximum Gasteiger partial charge on any atom is 0.227 e. The molecule has 2 atom stereocenters. The van der Waals surface area contributed by atoms with Gasteiger partial charge in [-0.3, -0.25) is 4.79 Å². The van der Waals surface area contributed by atoms with Crippen LogP contribution in [-0.4, -0.2) is 46.3 Å². The molecule has 1 amide bonds. The summed E-state index contributed by atoms with van der Waals surface area (Å²) in [5.41, 5.74) is 0.327. The second-order valence-corrected chi connectivity index (χ2v) is 4.20. The summed E-state index contributed by atoms with van der Waals surface area (Å²) in [6.45, 7) is 0.211. The van der Waals surface area contributed by atoms with Gasteiger partial charge in [0, 0.05) is 13.1 Å². The Morgan fingerprint density at radius 2 is 1.88 bits per heavy atom. The van der Waals surface area contributed by atoms with Crippen LogP contribution in [0.2, 0.25) is 0 Å². The van der Waals surface area contributed by atoms with Crippen molar-refractivity contribution < 1.29 is 19.4 Å². The zero-order valence-corrected chi connectivity index (χ0v) is 9.21. The molecule has 1 heterocycles. The minimum absolute atomic E-state index is 0.0495. The summed E-state index contributed by atoms with van der Waals surface area (Å²) in [5.74, 6) is -0.702. The van der Waals surface area contributed by atoms with Crippen molar-refractivity contribution in [1.29, 1.82) is 0 Å². The van der Waals surface area contributed by atoms with Gasteiger partial charge in [0.15, 0.2) is 0 Å². The number of nitrogens with zero attached hydrogens (tertiary/aromatic N) is 1. The molecular formula is C12H14FNO3. The second-order valence-electron chi connectivity index (χ2n) is 4.20. The molecular weight excluding hydrogens is 225 g/mol. The van der Waals surface area contributed by atoms with Crippen molar-refractivity contribution in [2.24, 2.45) is 0 Å². The van der Waals surface area contributed by atoms with Crippen molar-refractivity contribution in [3.63, 3.8) is 0 Å². The molecule has 0 aromatic heterocycles. The molecule has 2 unspecified atom stereocenters. The molecule has 0 aliphatic carbocycles. The Morgan fingerprint density at radius 1 is 1.29 bits per heavy atom. The molecule has 4 nitrogen and oxygen atoms in total. The van der Waals surface area contributed by atoms with Crippen LogP contribution < -0.4 is 0 Å². The van der Waals surface area contributed by atoms with Crippen LogP contribution in [0.1, 0.15) is 5.56 Å². The number of hydrogen-bond acceptors (Lipinski definition) is 3. The molecule has 5 heteroatoms. The summed E-state index contributed by atoms with van der Waals surface area (Å²) in [7, 11) is 0. The first kappa shape index (κ1) is 12.0. The van der Waals surface area contributed by atoms with E-state index in [1.54, 1.807) is 18.2 Å². The van der Waals surface area contributed by atoms with Gasteiger partial charge in [0.05, 0.1) is 18.6 Å². The SMILES string of the molecule is O=C(Cc1ccccc1F)N1CC(O)C(O)C1. The highest BCUT2D eigenvalue weighted by molar-refractivity contribution is 5.79. The minimum atomic E-state index is -0.903. The van der Waals surface area contributed by atoms with Gasteiger partial charge in [-0.15, -0.1) is 0 Å². The molecule has 1 aromatic rings. The monoisotopic (exact) mass is 239 g/mol. The smallest absolute Gasteiger partial charge is 0.227 e. The van der Waals surface area contributed by atoms with E-state index in [0.29, 0.717) is 5.56 Å². The lowest BCUT2D eigenvalue weighted by atomic mass is 10.1. The molecule has 2 N–H and O–H groups in total. The molecule has 92 valence electrons. The highest BCUT2D eigenvalue weighted by Crippen LogP contribution is 2.14. The van der Waals surface area contributed by atoms with E-state index >= 15 is 0 Å². The Balaban J connectivity index is 2.01. The molecule has 0 spiro atoms. The Morgan fingerprint density at radius 3 is 2.47 bits per heavy atom. The third-order valence-corrected chi connectivity index (χ3v) is 2.91. The van der Waals surface area contributed by atoms with Crippen LogP contribution in [0.25, 0.3) is 0 Å². The molecule has 1 aromatic carbocycles. The van der Waals surface area contributed by atoms with Gasteiger partial charge >= 0.3 is 0 Å². The van der Waals surface area contributed by atoms with Crippen LogP contribution >= 0.6 is 0 Å². The molecule has 2 rings (SSSR count). The highest BCUT2D eigenvalue weighted by Gasteiger charge is 2.32. The Labute approximate surface area is 98.3 Å². The van der Waals surface area contributed by atoms with Gasteiger partial charge in [-0.05, 0) is 11.6 Å². The average molecular weight is 239 g/mol. The number of amides is 1. The Hall–Kier alpha value is -1.46. The fourth-order valence-electron chi connectivity index (χ4n) is 1.89. The van der Waals surface area contributed by atoms with Gasteiger partial charge in [-0.1, -0.05) is 18.2 Å². The third-order valence-electron chi connectivity index (χ3n) is 2.91. The molecule has 0 saturated carbocycles. The molecule has 1 aliphatic heterocycles. The van der Waals surface area contributed by atoms with Crippen LogP contribution in [-0.2, 0) is 11.2 Å². The maximum atomic E-state index is 13.3. The summed E-state index contributed by atoms with van der Waals surface area (Å²) in [5, 5.41) is 18.6. The van der Waals surface area contributed by atoms with Crippen LogP contribution in [0.5, 0.6) is 0 Å². The molecule has 0 radical (unpaired) electrons.